The third kappa shape index (κ3) is 3.31. The predicted molar refractivity (Wildman–Crippen MR) is 78.2 cm³/mol. The highest BCUT2D eigenvalue weighted by Crippen LogP contribution is 2.33. The van der Waals surface area contributed by atoms with Crippen molar-refractivity contribution in [3.63, 3.8) is 0 Å². The smallest absolute Gasteiger partial charge is 0.248 e. The molecule has 110 valence electrons. The van der Waals surface area contributed by atoms with Gasteiger partial charge in [0.15, 0.2) is 0 Å². The summed E-state index contributed by atoms with van der Waals surface area (Å²) in [5.41, 5.74) is 2.68. The van der Waals surface area contributed by atoms with Crippen LogP contribution < -0.4 is 10.1 Å². The molecular weight excluding hydrogens is 254 g/mol. The van der Waals surface area contributed by atoms with Crippen molar-refractivity contribution in [1.82, 2.24) is 5.32 Å². The molecule has 2 rings (SSSR count). The van der Waals surface area contributed by atoms with Crippen LogP contribution in [0.1, 0.15) is 36.8 Å². The summed E-state index contributed by atoms with van der Waals surface area (Å²) in [6.07, 6.45) is 2.96. The Morgan fingerprint density at radius 3 is 2.95 bits per heavy atom. The highest BCUT2D eigenvalue weighted by molar-refractivity contribution is 5.80. The second-order valence-corrected chi connectivity index (χ2v) is 5.28. The van der Waals surface area contributed by atoms with Crippen LogP contribution in [0.4, 0.5) is 0 Å². The topological polar surface area (TPSA) is 47.6 Å². The molecule has 1 aliphatic rings. The van der Waals surface area contributed by atoms with Crippen LogP contribution in [0.15, 0.2) is 18.2 Å². The fourth-order valence-corrected chi connectivity index (χ4v) is 2.70. The number of fused-ring (bicyclic) bond motifs is 1. The fourth-order valence-electron chi connectivity index (χ4n) is 2.70. The monoisotopic (exact) mass is 277 g/mol. The Morgan fingerprint density at radius 1 is 1.45 bits per heavy atom. The van der Waals surface area contributed by atoms with Gasteiger partial charge < -0.3 is 14.8 Å². The molecule has 0 bridgehead atoms. The van der Waals surface area contributed by atoms with E-state index in [9.17, 15) is 4.79 Å². The molecule has 0 spiro atoms. The van der Waals surface area contributed by atoms with Crippen LogP contribution in [0.25, 0.3) is 0 Å². The van der Waals surface area contributed by atoms with Crippen molar-refractivity contribution in [2.75, 3.05) is 20.8 Å². The van der Waals surface area contributed by atoms with E-state index < -0.39 is 6.10 Å². The maximum atomic E-state index is 11.8. The Bertz CT molecular complexity index is 473. The normalized spacial score (nSPS) is 19.1. The van der Waals surface area contributed by atoms with Crippen molar-refractivity contribution in [1.29, 1.82) is 0 Å². The van der Waals surface area contributed by atoms with Crippen molar-refractivity contribution in [3.8, 4) is 5.75 Å². The molecule has 0 aromatic heterocycles. The van der Waals surface area contributed by atoms with Crippen molar-refractivity contribution in [3.05, 3.63) is 29.3 Å². The average Bonchev–Trinajstić information content (AvgIpc) is 2.50. The van der Waals surface area contributed by atoms with Crippen LogP contribution in [0.2, 0.25) is 0 Å². The first-order valence-electron chi connectivity index (χ1n) is 7.13. The predicted octanol–water partition coefficient (Wildman–Crippen LogP) is 2.27. The number of rotatable bonds is 5. The third-order valence-corrected chi connectivity index (χ3v) is 4.03. The zero-order valence-electron chi connectivity index (χ0n) is 12.4. The number of benzene rings is 1. The molecule has 0 fully saturated rings. The summed E-state index contributed by atoms with van der Waals surface area (Å²) in [4.78, 5) is 11.8. The number of hydrogen-bond donors (Lipinski definition) is 1. The molecule has 0 aliphatic heterocycles. The summed E-state index contributed by atoms with van der Waals surface area (Å²) in [6.45, 7) is 2.43. The zero-order chi connectivity index (χ0) is 14.5. The molecule has 0 radical (unpaired) electrons. The molecule has 20 heavy (non-hydrogen) atoms. The first kappa shape index (κ1) is 14.9. The zero-order valence-corrected chi connectivity index (χ0v) is 12.4. The molecule has 2 atom stereocenters. The van der Waals surface area contributed by atoms with Gasteiger partial charge in [0, 0.05) is 19.6 Å². The summed E-state index contributed by atoms with van der Waals surface area (Å²) in [5, 5.41) is 2.98. The fraction of sp³-hybridized carbons (Fsp3) is 0.562. The maximum Gasteiger partial charge on any atom is 0.248 e. The number of aryl methyl sites for hydroxylation is 1. The van der Waals surface area contributed by atoms with E-state index in [-0.39, 0.29) is 5.91 Å². The SMILES string of the molecule is COc1ccc2c(c1)CCC[C@@H]2CNC(=O)[C@H](C)OC. The molecule has 1 aliphatic carbocycles. The molecule has 0 saturated heterocycles. The van der Waals surface area contributed by atoms with Gasteiger partial charge in [0.2, 0.25) is 5.91 Å². The van der Waals surface area contributed by atoms with E-state index in [1.165, 1.54) is 11.1 Å². The van der Waals surface area contributed by atoms with Crippen molar-refractivity contribution < 1.29 is 14.3 Å². The molecule has 0 saturated carbocycles. The minimum absolute atomic E-state index is 0.0480. The van der Waals surface area contributed by atoms with Gasteiger partial charge >= 0.3 is 0 Å². The summed E-state index contributed by atoms with van der Waals surface area (Å²) < 4.78 is 10.3. The molecule has 0 heterocycles. The van der Waals surface area contributed by atoms with Gasteiger partial charge in [-0.2, -0.15) is 0 Å². The van der Waals surface area contributed by atoms with E-state index in [0.29, 0.717) is 12.5 Å². The number of nitrogens with one attached hydrogen (secondary N) is 1. The standard InChI is InChI=1S/C16H23NO3/c1-11(19-2)16(18)17-10-13-6-4-5-12-9-14(20-3)7-8-15(12)13/h7-9,11,13H,4-6,10H2,1-3H3,(H,17,18)/t11-,13+/m0/s1. The third-order valence-electron chi connectivity index (χ3n) is 4.03. The van der Waals surface area contributed by atoms with E-state index in [1.54, 1.807) is 21.1 Å². The minimum Gasteiger partial charge on any atom is -0.497 e. The largest absolute Gasteiger partial charge is 0.497 e. The van der Waals surface area contributed by atoms with E-state index in [4.69, 9.17) is 9.47 Å². The van der Waals surface area contributed by atoms with Crippen LogP contribution in [-0.4, -0.2) is 32.8 Å². The van der Waals surface area contributed by atoms with Crippen LogP contribution in [0, 0.1) is 0 Å². The number of carbonyl (C=O) groups is 1. The summed E-state index contributed by atoms with van der Waals surface area (Å²) in [7, 11) is 3.24. The molecule has 1 N–H and O–H groups in total. The second kappa shape index (κ2) is 6.75. The Labute approximate surface area is 120 Å². The van der Waals surface area contributed by atoms with Gasteiger partial charge in [-0.1, -0.05) is 6.07 Å². The van der Waals surface area contributed by atoms with Crippen molar-refractivity contribution in [2.45, 2.75) is 38.2 Å². The van der Waals surface area contributed by atoms with Gasteiger partial charge in [-0.3, -0.25) is 4.79 Å². The number of ether oxygens (including phenoxy) is 2. The van der Waals surface area contributed by atoms with Crippen LogP contribution in [-0.2, 0) is 16.0 Å². The lowest BCUT2D eigenvalue weighted by atomic mass is 9.82. The molecule has 4 heteroatoms. The van der Waals surface area contributed by atoms with Crippen LogP contribution in [0.5, 0.6) is 5.75 Å². The maximum absolute atomic E-state index is 11.8. The van der Waals surface area contributed by atoms with Crippen molar-refractivity contribution in [2.24, 2.45) is 0 Å². The van der Waals surface area contributed by atoms with Crippen LogP contribution in [0.3, 0.4) is 0 Å². The van der Waals surface area contributed by atoms with E-state index in [0.717, 1.165) is 25.0 Å². The molecule has 1 aromatic rings. The van der Waals surface area contributed by atoms with Gasteiger partial charge in [0.05, 0.1) is 7.11 Å². The number of carbonyl (C=O) groups excluding carboxylic acids is 1. The van der Waals surface area contributed by atoms with E-state index >= 15 is 0 Å². The van der Waals surface area contributed by atoms with Crippen LogP contribution >= 0.6 is 0 Å². The van der Waals surface area contributed by atoms with Gasteiger partial charge in [-0.05, 0) is 49.4 Å². The number of hydrogen-bond acceptors (Lipinski definition) is 3. The Hall–Kier alpha value is -1.55. The molecule has 0 unspecified atom stereocenters. The molecule has 4 nitrogen and oxygen atoms in total. The molecule has 1 aromatic carbocycles. The van der Waals surface area contributed by atoms with Gasteiger partial charge in [-0.15, -0.1) is 0 Å². The van der Waals surface area contributed by atoms with Crippen molar-refractivity contribution >= 4 is 5.91 Å². The summed E-state index contributed by atoms with van der Waals surface area (Å²) in [6, 6.07) is 6.24. The Kier molecular flexibility index (Phi) is 5.01. The Balaban J connectivity index is 2.03. The highest BCUT2D eigenvalue weighted by atomic mass is 16.5. The molecular formula is C16H23NO3. The Morgan fingerprint density at radius 2 is 2.25 bits per heavy atom. The highest BCUT2D eigenvalue weighted by Gasteiger charge is 2.22. The van der Waals surface area contributed by atoms with E-state index in [1.807, 2.05) is 6.07 Å². The lowest BCUT2D eigenvalue weighted by molar-refractivity contribution is -0.130. The first-order valence-corrected chi connectivity index (χ1v) is 7.13. The summed E-state index contributed by atoms with van der Waals surface area (Å²) >= 11 is 0. The first-order chi connectivity index (χ1) is 9.65. The minimum atomic E-state index is -0.395. The van der Waals surface area contributed by atoms with E-state index in [2.05, 4.69) is 17.4 Å². The quantitative estimate of drug-likeness (QED) is 0.898. The van der Waals surface area contributed by atoms with Gasteiger partial charge in [0.25, 0.3) is 0 Å². The average molecular weight is 277 g/mol. The molecule has 1 amide bonds. The lowest BCUT2D eigenvalue weighted by Crippen LogP contribution is -2.37. The van der Waals surface area contributed by atoms with Gasteiger partial charge in [-0.25, -0.2) is 0 Å². The summed E-state index contributed by atoms with van der Waals surface area (Å²) in [5.74, 6) is 1.24. The lowest BCUT2D eigenvalue weighted by Gasteiger charge is -2.26. The number of amides is 1. The second-order valence-electron chi connectivity index (χ2n) is 5.28. The number of methoxy groups -OCH3 is 2. The van der Waals surface area contributed by atoms with Gasteiger partial charge in [0.1, 0.15) is 11.9 Å².